The van der Waals surface area contributed by atoms with E-state index in [0.717, 1.165) is 19.3 Å². The van der Waals surface area contributed by atoms with Crippen LogP contribution in [0, 0.1) is 22.0 Å². The van der Waals surface area contributed by atoms with Crippen molar-refractivity contribution < 1.29 is 4.92 Å². The highest BCUT2D eigenvalue weighted by Gasteiger charge is 2.58. The molecule has 0 aromatic heterocycles. The molecule has 0 amide bonds. The Hall–Kier alpha value is -0.120. The van der Waals surface area contributed by atoms with E-state index in [1.54, 1.807) is 0 Å². The molecular formula is C7H10BrNO2. The first kappa shape index (κ1) is 7.53. The van der Waals surface area contributed by atoms with Crippen LogP contribution in [0.1, 0.15) is 25.7 Å². The lowest BCUT2D eigenvalue weighted by atomic mass is 9.96. The third kappa shape index (κ3) is 0.916. The van der Waals surface area contributed by atoms with E-state index in [4.69, 9.17) is 0 Å². The molecule has 0 aromatic rings. The van der Waals surface area contributed by atoms with Crippen molar-refractivity contribution in [3.05, 3.63) is 10.1 Å². The normalized spacial score (nSPS) is 48.1. The fourth-order valence-electron chi connectivity index (χ4n) is 2.46. The molecule has 11 heavy (non-hydrogen) atoms. The molecular weight excluding hydrogens is 210 g/mol. The van der Waals surface area contributed by atoms with Crippen molar-refractivity contribution in [1.82, 2.24) is 0 Å². The SMILES string of the molecule is O=[N+]([O-])[C@@]1(Br)C[C@@H]2CC[C@H]1C2. The number of hydrogen-bond donors (Lipinski definition) is 0. The molecule has 0 aliphatic heterocycles. The zero-order chi connectivity index (χ0) is 8.06. The largest absolute Gasteiger partial charge is 0.277 e. The second-order valence-electron chi connectivity index (χ2n) is 3.66. The fraction of sp³-hybridized carbons (Fsp3) is 1.00. The molecule has 3 nitrogen and oxygen atoms in total. The summed E-state index contributed by atoms with van der Waals surface area (Å²) in [6.45, 7) is 0. The molecule has 2 aliphatic rings. The van der Waals surface area contributed by atoms with Crippen LogP contribution in [0.4, 0.5) is 0 Å². The zero-order valence-corrected chi connectivity index (χ0v) is 7.71. The van der Waals surface area contributed by atoms with Gasteiger partial charge in [-0.05, 0) is 25.2 Å². The summed E-state index contributed by atoms with van der Waals surface area (Å²) < 4.78 is -0.754. The van der Waals surface area contributed by atoms with Gasteiger partial charge >= 0.3 is 0 Å². The fourth-order valence-corrected chi connectivity index (χ4v) is 3.33. The predicted molar refractivity (Wildman–Crippen MR) is 44.1 cm³/mol. The van der Waals surface area contributed by atoms with Crippen LogP contribution < -0.4 is 0 Å². The zero-order valence-electron chi connectivity index (χ0n) is 6.12. The minimum absolute atomic E-state index is 0.142. The van der Waals surface area contributed by atoms with E-state index >= 15 is 0 Å². The van der Waals surface area contributed by atoms with Crippen LogP contribution in [-0.2, 0) is 0 Å². The van der Waals surface area contributed by atoms with Crippen LogP contribution in [-0.4, -0.2) is 9.37 Å². The van der Waals surface area contributed by atoms with E-state index in [2.05, 4.69) is 15.9 Å². The average Bonchev–Trinajstić information content (AvgIpc) is 2.45. The first-order valence-corrected chi connectivity index (χ1v) is 4.75. The second-order valence-corrected chi connectivity index (χ2v) is 5.03. The molecule has 0 unspecified atom stereocenters. The second kappa shape index (κ2) is 2.19. The highest BCUT2D eigenvalue weighted by Crippen LogP contribution is 2.55. The molecule has 0 aromatic carbocycles. The van der Waals surface area contributed by atoms with Gasteiger partial charge in [0.1, 0.15) is 0 Å². The number of fused-ring (bicyclic) bond motifs is 2. The van der Waals surface area contributed by atoms with Crippen molar-refractivity contribution in [1.29, 1.82) is 0 Å². The number of hydrogen-bond acceptors (Lipinski definition) is 2. The molecule has 2 bridgehead atoms. The Morgan fingerprint density at radius 2 is 2.27 bits per heavy atom. The maximum atomic E-state index is 10.7. The minimum atomic E-state index is -0.754. The summed E-state index contributed by atoms with van der Waals surface area (Å²) in [6, 6.07) is 0. The van der Waals surface area contributed by atoms with E-state index in [9.17, 15) is 10.1 Å². The van der Waals surface area contributed by atoms with Gasteiger partial charge in [-0.15, -0.1) is 0 Å². The summed E-state index contributed by atoms with van der Waals surface area (Å²) in [6.07, 6.45) is 4.04. The van der Waals surface area contributed by atoms with Gasteiger partial charge in [0.15, 0.2) is 0 Å². The average molecular weight is 220 g/mol. The number of alkyl halides is 1. The Labute approximate surface area is 73.4 Å². The summed E-state index contributed by atoms with van der Waals surface area (Å²) in [5.41, 5.74) is 0. The Kier molecular flexibility index (Phi) is 1.50. The van der Waals surface area contributed by atoms with Gasteiger partial charge < -0.3 is 0 Å². The van der Waals surface area contributed by atoms with Crippen LogP contribution in [0.3, 0.4) is 0 Å². The van der Waals surface area contributed by atoms with E-state index in [-0.39, 0.29) is 4.92 Å². The Morgan fingerprint density at radius 1 is 1.55 bits per heavy atom. The smallest absolute Gasteiger partial charge is 0.263 e. The summed E-state index contributed by atoms with van der Waals surface area (Å²) in [7, 11) is 0. The summed E-state index contributed by atoms with van der Waals surface area (Å²) in [5.74, 6) is 0.910. The Balaban J connectivity index is 2.23. The summed E-state index contributed by atoms with van der Waals surface area (Å²) >= 11 is 3.27. The van der Waals surface area contributed by atoms with Crippen LogP contribution in [0.15, 0.2) is 0 Å². The first-order valence-electron chi connectivity index (χ1n) is 3.96. The Morgan fingerprint density at radius 3 is 2.55 bits per heavy atom. The molecule has 0 spiro atoms. The van der Waals surface area contributed by atoms with E-state index in [0.29, 0.717) is 11.8 Å². The lowest BCUT2D eigenvalue weighted by Crippen LogP contribution is -2.36. The van der Waals surface area contributed by atoms with Gasteiger partial charge in [0.2, 0.25) is 0 Å². The van der Waals surface area contributed by atoms with Gasteiger partial charge in [0.05, 0.1) is 0 Å². The lowest BCUT2D eigenvalue weighted by Gasteiger charge is -2.22. The predicted octanol–water partition coefficient (Wildman–Crippen LogP) is 2.17. The summed E-state index contributed by atoms with van der Waals surface area (Å²) in [4.78, 5) is 10.5. The molecule has 2 aliphatic carbocycles. The number of rotatable bonds is 1. The van der Waals surface area contributed by atoms with Crippen molar-refractivity contribution in [2.24, 2.45) is 11.8 Å². The monoisotopic (exact) mass is 219 g/mol. The maximum absolute atomic E-state index is 10.7. The number of halogens is 1. The molecule has 0 radical (unpaired) electrons. The topological polar surface area (TPSA) is 43.1 Å². The molecule has 2 fully saturated rings. The molecule has 2 rings (SSSR count). The molecule has 0 saturated heterocycles. The highest BCUT2D eigenvalue weighted by molar-refractivity contribution is 9.10. The molecule has 4 heteroatoms. The van der Waals surface area contributed by atoms with E-state index in [1.807, 2.05) is 0 Å². The third-order valence-corrected chi connectivity index (χ3v) is 4.31. The van der Waals surface area contributed by atoms with Crippen molar-refractivity contribution in [2.75, 3.05) is 0 Å². The van der Waals surface area contributed by atoms with Crippen molar-refractivity contribution in [3.63, 3.8) is 0 Å². The molecule has 62 valence electrons. The van der Waals surface area contributed by atoms with Crippen molar-refractivity contribution in [3.8, 4) is 0 Å². The Bertz CT molecular complexity index is 209. The highest BCUT2D eigenvalue weighted by atomic mass is 79.9. The molecule has 3 atom stereocenters. The van der Waals surface area contributed by atoms with Crippen molar-refractivity contribution in [2.45, 2.75) is 30.1 Å². The number of nitro groups is 1. The van der Waals surface area contributed by atoms with Crippen molar-refractivity contribution >= 4 is 15.9 Å². The summed E-state index contributed by atoms with van der Waals surface area (Å²) in [5, 5.41) is 10.7. The standard InChI is InChI=1S/C7H10BrNO2/c8-7(9(10)11)4-5-1-2-6(7)3-5/h5-6H,1-4H2/t5-,6+,7+/m1/s1. The van der Waals surface area contributed by atoms with Gasteiger partial charge in [0.25, 0.3) is 4.45 Å². The minimum Gasteiger partial charge on any atom is -0.263 e. The molecule has 0 N–H and O–H groups in total. The van der Waals surface area contributed by atoms with Gasteiger partial charge in [-0.3, -0.25) is 10.1 Å². The van der Waals surface area contributed by atoms with E-state index < -0.39 is 4.45 Å². The van der Waals surface area contributed by atoms with Crippen LogP contribution in [0.5, 0.6) is 0 Å². The quantitative estimate of drug-likeness (QED) is 0.294. The van der Waals surface area contributed by atoms with Crippen LogP contribution in [0.2, 0.25) is 0 Å². The molecule has 0 heterocycles. The van der Waals surface area contributed by atoms with Crippen LogP contribution >= 0.6 is 15.9 Å². The third-order valence-electron chi connectivity index (χ3n) is 3.05. The maximum Gasteiger partial charge on any atom is 0.277 e. The van der Waals surface area contributed by atoms with Gasteiger partial charge in [-0.25, -0.2) is 0 Å². The number of nitrogens with zero attached hydrogens (tertiary/aromatic N) is 1. The van der Waals surface area contributed by atoms with Gasteiger partial charge in [-0.2, -0.15) is 0 Å². The van der Waals surface area contributed by atoms with Crippen LogP contribution in [0.25, 0.3) is 0 Å². The van der Waals surface area contributed by atoms with Gasteiger partial charge in [0, 0.05) is 33.2 Å². The molecule has 2 saturated carbocycles. The van der Waals surface area contributed by atoms with Gasteiger partial charge in [-0.1, -0.05) is 0 Å². The first-order chi connectivity index (χ1) is 5.13. The lowest BCUT2D eigenvalue weighted by molar-refractivity contribution is -0.544. The van der Waals surface area contributed by atoms with E-state index in [1.165, 1.54) is 6.42 Å².